The van der Waals surface area contributed by atoms with Gasteiger partial charge in [-0.05, 0) is 38.1 Å². The Kier molecular flexibility index (Phi) is 3.54. The van der Waals surface area contributed by atoms with Crippen LogP contribution in [0.4, 0.5) is 0 Å². The molecule has 0 fully saturated rings. The fourth-order valence-corrected chi connectivity index (χ4v) is 1.89. The summed E-state index contributed by atoms with van der Waals surface area (Å²) in [6.45, 7) is 3.51. The lowest BCUT2D eigenvalue weighted by molar-refractivity contribution is 0.0752. The van der Waals surface area contributed by atoms with Gasteiger partial charge in [0.05, 0.1) is 0 Å². The van der Waals surface area contributed by atoms with Gasteiger partial charge >= 0.3 is 0 Å². The van der Waals surface area contributed by atoms with E-state index in [1.165, 1.54) is 5.01 Å². The number of nitrogens with one attached hydrogen (secondary N) is 1. The van der Waals surface area contributed by atoms with E-state index in [4.69, 9.17) is 23.1 Å². The van der Waals surface area contributed by atoms with Crippen LogP contribution in [-0.2, 0) is 0 Å². The van der Waals surface area contributed by atoms with E-state index in [2.05, 4.69) is 15.4 Å². The Morgan fingerprint density at radius 3 is 2.45 bits per heavy atom. The normalized spacial score (nSPS) is 17.2. The van der Waals surface area contributed by atoms with Crippen molar-refractivity contribution in [2.75, 3.05) is 0 Å². The molecule has 8 heteroatoms. The van der Waals surface area contributed by atoms with Crippen LogP contribution in [0.3, 0.4) is 0 Å². The number of carbonyl (C=O) groups excluding carboxylic acids is 1. The van der Waals surface area contributed by atoms with Crippen LogP contribution in [0.25, 0.3) is 0 Å². The summed E-state index contributed by atoms with van der Waals surface area (Å²) in [7, 11) is 0. The van der Waals surface area contributed by atoms with Crippen molar-refractivity contribution in [1.82, 2.24) is 10.4 Å². The number of aliphatic imine (C=N–C) groups is 2. The first-order valence-corrected chi connectivity index (χ1v) is 6.24. The van der Waals surface area contributed by atoms with Crippen LogP contribution in [0, 0.1) is 0 Å². The van der Waals surface area contributed by atoms with Gasteiger partial charge in [-0.3, -0.25) is 10.2 Å². The lowest BCUT2D eigenvalue weighted by Gasteiger charge is -2.37. The van der Waals surface area contributed by atoms with Crippen molar-refractivity contribution in [3.63, 3.8) is 0 Å². The van der Waals surface area contributed by atoms with Gasteiger partial charge in [-0.25, -0.2) is 10.0 Å². The molecule has 106 valence electrons. The number of halogens is 1. The number of hydrazine groups is 1. The average Bonchev–Trinajstić information content (AvgIpc) is 2.33. The highest BCUT2D eigenvalue weighted by atomic mass is 35.5. The molecule has 7 nitrogen and oxygen atoms in total. The zero-order valence-electron chi connectivity index (χ0n) is 11.1. The van der Waals surface area contributed by atoms with Crippen molar-refractivity contribution in [1.29, 1.82) is 0 Å². The SMILES string of the molecule is CC1(C)N=C(N)N=C(N)N1NC(=O)c1ccc(Cl)cc1. The molecule has 0 unspecified atom stereocenters. The van der Waals surface area contributed by atoms with E-state index in [0.29, 0.717) is 10.6 Å². The van der Waals surface area contributed by atoms with E-state index in [9.17, 15) is 4.79 Å². The second-order valence-corrected chi connectivity index (χ2v) is 5.15. The summed E-state index contributed by atoms with van der Waals surface area (Å²) >= 11 is 5.78. The van der Waals surface area contributed by atoms with Crippen LogP contribution in [0.1, 0.15) is 24.2 Å². The number of benzene rings is 1. The summed E-state index contributed by atoms with van der Waals surface area (Å²) in [6.07, 6.45) is 0. The highest BCUT2D eigenvalue weighted by Gasteiger charge is 2.33. The van der Waals surface area contributed by atoms with Crippen LogP contribution in [-0.4, -0.2) is 28.5 Å². The van der Waals surface area contributed by atoms with Crippen LogP contribution < -0.4 is 16.9 Å². The summed E-state index contributed by atoms with van der Waals surface area (Å²) < 4.78 is 0. The van der Waals surface area contributed by atoms with Gasteiger partial charge in [0.25, 0.3) is 5.91 Å². The molecule has 0 saturated carbocycles. The Hall–Kier alpha value is -2.28. The summed E-state index contributed by atoms with van der Waals surface area (Å²) in [5.41, 5.74) is 13.6. The summed E-state index contributed by atoms with van der Waals surface area (Å²) in [5.74, 6) is -0.196. The van der Waals surface area contributed by atoms with Crippen molar-refractivity contribution in [2.24, 2.45) is 21.5 Å². The predicted molar refractivity (Wildman–Crippen MR) is 78.1 cm³/mol. The van der Waals surface area contributed by atoms with Crippen molar-refractivity contribution in [3.05, 3.63) is 34.9 Å². The zero-order valence-corrected chi connectivity index (χ0v) is 11.8. The second-order valence-electron chi connectivity index (χ2n) is 4.72. The van der Waals surface area contributed by atoms with E-state index < -0.39 is 5.66 Å². The molecule has 1 aromatic carbocycles. The maximum Gasteiger partial charge on any atom is 0.269 e. The van der Waals surface area contributed by atoms with Crippen LogP contribution >= 0.6 is 11.6 Å². The highest BCUT2D eigenvalue weighted by Crippen LogP contribution is 2.17. The zero-order chi connectivity index (χ0) is 14.9. The Labute approximate surface area is 121 Å². The third-order valence-corrected chi connectivity index (χ3v) is 2.97. The lowest BCUT2D eigenvalue weighted by Crippen LogP contribution is -2.61. The van der Waals surface area contributed by atoms with Gasteiger partial charge in [0.1, 0.15) is 0 Å². The molecule has 1 heterocycles. The third-order valence-electron chi connectivity index (χ3n) is 2.71. The second kappa shape index (κ2) is 5.01. The number of amides is 1. The molecule has 0 atom stereocenters. The Morgan fingerprint density at radius 2 is 1.90 bits per heavy atom. The molecule has 2 rings (SSSR count). The van der Waals surface area contributed by atoms with Crippen LogP contribution in [0.2, 0.25) is 5.02 Å². The number of guanidine groups is 2. The number of hydrogen-bond acceptors (Lipinski definition) is 6. The minimum absolute atomic E-state index is 0.0736. The molecule has 1 amide bonds. The summed E-state index contributed by atoms with van der Waals surface area (Å²) in [4.78, 5) is 20.1. The fourth-order valence-electron chi connectivity index (χ4n) is 1.76. The van der Waals surface area contributed by atoms with E-state index in [1.807, 2.05) is 0 Å². The van der Waals surface area contributed by atoms with Crippen molar-refractivity contribution in [2.45, 2.75) is 19.5 Å². The van der Waals surface area contributed by atoms with E-state index in [-0.39, 0.29) is 17.8 Å². The van der Waals surface area contributed by atoms with Crippen molar-refractivity contribution >= 4 is 29.4 Å². The van der Waals surface area contributed by atoms with E-state index in [0.717, 1.165) is 0 Å². The molecule has 0 aromatic heterocycles. The topological polar surface area (TPSA) is 109 Å². The quantitative estimate of drug-likeness (QED) is 0.744. The van der Waals surface area contributed by atoms with Gasteiger partial charge in [-0.15, -0.1) is 0 Å². The van der Waals surface area contributed by atoms with Crippen molar-refractivity contribution < 1.29 is 4.79 Å². The molecular formula is C12H15ClN6O. The molecule has 0 spiro atoms. The van der Waals surface area contributed by atoms with Gasteiger partial charge in [-0.1, -0.05) is 11.6 Å². The van der Waals surface area contributed by atoms with E-state index in [1.54, 1.807) is 38.1 Å². The summed E-state index contributed by atoms with van der Waals surface area (Å²) in [6, 6.07) is 6.48. The molecule has 0 radical (unpaired) electrons. The smallest absolute Gasteiger partial charge is 0.269 e. The fraction of sp³-hybridized carbons (Fsp3) is 0.250. The number of hydrogen-bond donors (Lipinski definition) is 3. The molecule has 0 bridgehead atoms. The Bertz CT molecular complexity index is 592. The summed E-state index contributed by atoms with van der Waals surface area (Å²) in [5, 5.41) is 1.92. The average molecular weight is 295 g/mol. The molecule has 20 heavy (non-hydrogen) atoms. The molecule has 0 saturated heterocycles. The minimum Gasteiger partial charge on any atom is -0.368 e. The molecular weight excluding hydrogens is 280 g/mol. The first kappa shape index (κ1) is 14.1. The molecule has 1 aromatic rings. The molecule has 5 N–H and O–H groups in total. The first-order chi connectivity index (χ1) is 9.29. The van der Waals surface area contributed by atoms with Gasteiger partial charge in [0.2, 0.25) is 11.9 Å². The number of rotatable bonds is 2. The Balaban J connectivity index is 2.19. The molecule has 1 aliphatic heterocycles. The lowest BCUT2D eigenvalue weighted by atomic mass is 10.2. The van der Waals surface area contributed by atoms with Gasteiger partial charge in [0, 0.05) is 10.6 Å². The molecule has 1 aliphatic rings. The van der Waals surface area contributed by atoms with Crippen LogP contribution in [0.15, 0.2) is 34.3 Å². The largest absolute Gasteiger partial charge is 0.368 e. The minimum atomic E-state index is -0.821. The maximum atomic E-state index is 12.2. The van der Waals surface area contributed by atoms with E-state index >= 15 is 0 Å². The monoisotopic (exact) mass is 294 g/mol. The van der Waals surface area contributed by atoms with Gasteiger partial charge < -0.3 is 11.5 Å². The standard InChI is InChI=1S/C12H15ClN6O/c1-12(2)17-10(14)16-11(15)19(12)18-9(20)7-3-5-8(13)6-4-7/h3-6H,1-2H3,(H,18,20)(H4,14,15,16,17). The maximum absolute atomic E-state index is 12.2. The third kappa shape index (κ3) is 2.83. The highest BCUT2D eigenvalue weighted by molar-refractivity contribution is 6.30. The number of carbonyl (C=O) groups is 1. The Morgan fingerprint density at radius 1 is 1.30 bits per heavy atom. The first-order valence-electron chi connectivity index (χ1n) is 5.86. The number of nitrogens with two attached hydrogens (primary N) is 2. The van der Waals surface area contributed by atoms with Crippen molar-refractivity contribution in [3.8, 4) is 0 Å². The van der Waals surface area contributed by atoms with Crippen LogP contribution in [0.5, 0.6) is 0 Å². The van der Waals surface area contributed by atoms with Gasteiger partial charge in [-0.2, -0.15) is 4.99 Å². The molecule has 0 aliphatic carbocycles. The number of nitrogens with zero attached hydrogens (tertiary/aromatic N) is 3. The van der Waals surface area contributed by atoms with Gasteiger partial charge in [0.15, 0.2) is 5.66 Å². The predicted octanol–water partition coefficient (Wildman–Crippen LogP) is 0.666.